The van der Waals surface area contributed by atoms with E-state index in [4.69, 9.17) is 16.3 Å². The monoisotopic (exact) mass is 239 g/mol. The van der Waals surface area contributed by atoms with Crippen LogP contribution >= 0.6 is 11.6 Å². The number of hydrogen-bond donors (Lipinski definition) is 0. The lowest BCUT2D eigenvalue weighted by Crippen LogP contribution is -2.52. The molecule has 1 aromatic rings. The molecular weight excluding hydrogens is 226 g/mol. The fourth-order valence-corrected chi connectivity index (χ4v) is 1.98. The molecule has 0 spiro atoms. The van der Waals surface area contributed by atoms with Gasteiger partial charge in [-0.15, -0.1) is 0 Å². The Morgan fingerprint density at radius 1 is 1.50 bits per heavy atom. The molecule has 0 bridgehead atoms. The van der Waals surface area contributed by atoms with Gasteiger partial charge in [-0.3, -0.25) is 9.69 Å². The van der Waals surface area contributed by atoms with Gasteiger partial charge in [-0.1, -0.05) is 23.7 Å². The highest BCUT2D eigenvalue weighted by molar-refractivity contribution is 6.30. The highest BCUT2D eigenvalue weighted by Crippen LogP contribution is 2.22. The van der Waals surface area contributed by atoms with Crippen molar-refractivity contribution in [2.75, 3.05) is 13.7 Å². The van der Waals surface area contributed by atoms with Crippen molar-refractivity contribution in [3.8, 4) is 0 Å². The van der Waals surface area contributed by atoms with Gasteiger partial charge < -0.3 is 4.74 Å². The lowest BCUT2D eigenvalue weighted by atomic mass is 10.0. The second kappa shape index (κ2) is 4.85. The first-order valence-corrected chi connectivity index (χ1v) is 5.65. The maximum atomic E-state index is 11.4. The minimum Gasteiger partial charge on any atom is -0.468 e. The number of nitrogens with zero attached hydrogens (tertiary/aromatic N) is 1. The quantitative estimate of drug-likeness (QED) is 0.757. The minimum absolute atomic E-state index is 0.0688. The van der Waals surface area contributed by atoms with Crippen LogP contribution in [0.1, 0.15) is 12.0 Å². The second-order valence-corrected chi connectivity index (χ2v) is 4.36. The molecular formula is C12H14ClNO2. The molecule has 0 aliphatic carbocycles. The number of esters is 1. The molecule has 0 saturated carbocycles. The maximum Gasteiger partial charge on any atom is 0.323 e. The van der Waals surface area contributed by atoms with Crippen molar-refractivity contribution in [3.05, 3.63) is 34.9 Å². The van der Waals surface area contributed by atoms with Crippen LogP contribution in [0.15, 0.2) is 24.3 Å². The van der Waals surface area contributed by atoms with Gasteiger partial charge in [-0.2, -0.15) is 0 Å². The Morgan fingerprint density at radius 2 is 2.19 bits per heavy atom. The van der Waals surface area contributed by atoms with E-state index in [1.807, 2.05) is 24.3 Å². The van der Waals surface area contributed by atoms with E-state index in [-0.39, 0.29) is 12.0 Å². The molecule has 0 N–H and O–H groups in total. The average Bonchev–Trinajstić information content (AvgIpc) is 2.26. The standard InChI is InChI=1S/C12H14ClNO2/c1-16-12(15)11-6-7-14(11)8-9-2-4-10(13)5-3-9/h2-5,11H,6-8H2,1H3. The lowest BCUT2D eigenvalue weighted by molar-refractivity contribution is -0.152. The molecule has 0 aromatic heterocycles. The third-order valence-corrected chi connectivity index (χ3v) is 3.15. The number of likely N-dealkylation sites (tertiary alicyclic amines) is 1. The number of benzene rings is 1. The Bertz CT molecular complexity index is 377. The molecule has 1 aliphatic rings. The number of halogens is 1. The van der Waals surface area contributed by atoms with Crippen molar-refractivity contribution in [1.82, 2.24) is 4.90 Å². The first kappa shape index (κ1) is 11.4. The molecule has 2 rings (SSSR count). The molecule has 86 valence electrons. The van der Waals surface area contributed by atoms with E-state index >= 15 is 0 Å². The number of ether oxygens (including phenoxy) is 1. The van der Waals surface area contributed by atoms with Crippen molar-refractivity contribution < 1.29 is 9.53 Å². The van der Waals surface area contributed by atoms with Gasteiger partial charge in [0.25, 0.3) is 0 Å². The lowest BCUT2D eigenvalue weighted by Gasteiger charge is -2.38. The van der Waals surface area contributed by atoms with E-state index < -0.39 is 0 Å². The highest BCUT2D eigenvalue weighted by atomic mass is 35.5. The molecule has 16 heavy (non-hydrogen) atoms. The Kier molecular flexibility index (Phi) is 3.46. The summed E-state index contributed by atoms with van der Waals surface area (Å²) in [5, 5.41) is 0.733. The third kappa shape index (κ3) is 2.36. The predicted octanol–water partition coefficient (Wildman–Crippen LogP) is 2.09. The molecule has 0 amide bonds. The van der Waals surface area contributed by atoms with Gasteiger partial charge in [-0.25, -0.2) is 0 Å². The largest absolute Gasteiger partial charge is 0.468 e. The number of carbonyl (C=O) groups is 1. The van der Waals surface area contributed by atoms with Gasteiger partial charge in [0.1, 0.15) is 6.04 Å². The summed E-state index contributed by atoms with van der Waals surface area (Å²) < 4.78 is 4.74. The third-order valence-electron chi connectivity index (χ3n) is 2.90. The summed E-state index contributed by atoms with van der Waals surface area (Å²) in [4.78, 5) is 13.5. The fourth-order valence-electron chi connectivity index (χ4n) is 1.86. The molecule has 1 heterocycles. The number of rotatable bonds is 3. The van der Waals surface area contributed by atoms with Gasteiger partial charge in [0.05, 0.1) is 7.11 Å². The SMILES string of the molecule is COC(=O)C1CCN1Cc1ccc(Cl)cc1. The van der Waals surface area contributed by atoms with Gasteiger partial charge >= 0.3 is 5.97 Å². The normalized spacial score (nSPS) is 20.2. The topological polar surface area (TPSA) is 29.5 Å². The van der Waals surface area contributed by atoms with E-state index in [2.05, 4.69) is 4.90 Å². The summed E-state index contributed by atoms with van der Waals surface area (Å²) in [6, 6.07) is 7.62. The second-order valence-electron chi connectivity index (χ2n) is 3.92. The molecule has 3 nitrogen and oxygen atoms in total. The smallest absolute Gasteiger partial charge is 0.323 e. The van der Waals surface area contributed by atoms with Crippen LogP contribution in [-0.4, -0.2) is 30.6 Å². The van der Waals surface area contributed by atoms with Crippen LogP contribution in [-0.2, 0) is 16.1 Å². The van der Waals surface area contributed by atoms with Crippen LogP contribution in [0.4, 0.5) is 0 Å². The van der Waals surface area contributed by atoms with Crippen LogP contribution in [0.3, 0.4) is 0 Å². The molecule has 1 saturated heterocycles. The van der Waals surface area contributed by atoms with Gasteiger partial charge in [0.2, 0.25) is 0 Å². The minimum atomic E-state index is -0.139. The zero-order valence-corrected chi connectivity index (χ0v) is 9.91. The summed E-state index contributed by atoms with van der Waals surface area (Å²) in [5.74, 6) is -0.139. The van der Waals surface area contributed by atoms with Crippen molar-refractivity contribution >= 4 is 17.6 Å². The maximum absolute atomic E-state index is 11.4. The van der Waals surface area contributed by atoms with E-state index in [1.165, 1.54) is 7.11 Å². The number of carbonyl (C=O) groups excluding carboxylic acids is 1. The van der Waals surface area contributed by atoms with Crippen molar-refractivity contribution in [1.29, 1.82) is 0 Å². The summed E-state index contributed by atoms with van der Waals surface area (Å²) >= 11 is 5.81. The van der Waals surface area contributed by atoms with Gasteiger partial charge in [0.15, 0.2) is 0 Å². The summed E-state index contributed by atoms with van der Waals surface area (Å²) in [6.07, 6.45) is 0.889. The summed E-state index contributed by atoms with van der Waals surface area (Å²) in [5.41, 5.74) is 1.16. The zero-order chi connectivity index (χ0) is 11.5. The fraction of sp³-hybridized carbons (Fsp3) is 0.417. The van der Waals surface area contributed by atoms with Crippen LogP contribution < -0.4 is 0 Å². The summed E-state index contributed by atoms with van der Waals surface area (Å²) in [6.45, 7) is 1.72. The molecule has 1 fully saturated rings. The van der Waals surface area contributed by atoms with Crippen LogP contribution in [0, 0.1) is 0 Å². The predicted molar refractivity (Wildman–Crippen MR) is 62.3 cm³/mol. The van der Waals surface area contributed by atoms with E-state index in [1.54, 1.807) is 0 Å². The first-order valence-electron chi connectivity index (χ1n) is 5.27. The number of hydrogen-bond acceptors (Lipinski definition) is 3. The Hall–Kier alpha value is -1.06. The number of methoxy groups -OCH3 is 1. The van der Waals surface area contributed by atoms with Crippen LogP contribution in [0.2, 0.25) is 5.02 Å². The van der Waals surface area contributed by atoms with Gasteiger partial charge in [-0.05, 0) is 24.1 Å². The first-order chi connectivity index (χ1) is 7.70. The van der Waals surface area contributed by atoms with Crippen molar-refractivity contribution in [2.45, 2.75) is 19.0 Å². The summed E-state index contributed by atoms with van der Waals surface area (Å²) in [7, 11) is 1.43. The van der Waals surface area contributed by atoms with E-state index in [0.717, 1.165) is 30.1 Å². The molecule has 1 aliphatic heterocycles. The Labute approximate surface area is 100.0 Å². The highest BCUT2D eigenvalue weighted by Gasteiger charge is 2.34. The van der Waals surface area contributed by atoms with Crippen molar-refractivity contribution in [3.63, 3.8) is 0 Å². The van der Waals surface area contributed by atoms with Crippen molar-refractivity contribution in [2.24, 2.45) is 0 Å². The molecule has 1 aromatic carbocycles. The average molecular weight is 240 g/mol. The Balaban J connectivity index is 1.95. The van der Waals surface area contributed by atoms with E-state index in [0.29, 0.717) is 0 Å². The molecule has 1 atom stereocenters. The van der Waals surface area contributed by atoms with Crippen LogP contribution in [0.25, 0.3) is 0 Å². The Morgan fingerprint density at radius 3 is 2.69 bits per heavy atom. The van der Waals surface area contributed by atoms with Crippen LogP contribution in [0.5, 0.6) is 0 Å². The molecule has 0 radical (unpaired) electrons. The molecule has 4 heteroatoms. The van der Waals surface area contributed by atoms with Gasteiger partial charge in [0, 0.05) is 18.1 Å². The zero-order valence-electron chi connectivity index (χ0n) is 9.15. The molecule has 1 unspecified atom stereocenters. The van der Waals surface area contributed by atoms with E-state index in [9.17, 15) is 4.79 Å².